The number of imidazole rings is 2. The lowest BCUT2D eigenvalue weighted by Crippen LogP contribution is -2.99. The Morgan fingerprint density at radius 3 is 2.75 bits per heavy atom. The lowest BCUT2D eigenvalue weighted by atomic mass is 10.2. The fraction of sp³-hybridized carbons (Fsp3) is 0.385. The first-order valence-electron chi connectivity index (χ1n) is 7.27. The van der Waals surface area contributed by atoms with Crippen LogP contribution in [0.5, 0.6) is 0 Å². The van der Waals surface area contributed by atoms with E-state index in [0.29, 0.717) is 27.1 Å². The molecule has 0 aliphatic rings. The summed E-state index contributed by atoms with van der Waals surface area (Å²) in [6.07, 6.45) is 3.15. The second kappa shape index (κ2) is 6.36. The number of fused-ring (bicyclic) bond motifs is 1. The Hall–Kier alpha value is -2.21. The fourth-order valence-electron chi connectivity index (χ4n) is 2.31. The van der Waals surface area contributed by atoms with Crippen LogP contribution in [-0.4, -0.2) is 34.3 Å². The van der Waals surface area contributed by atoms with E-state index in [4.69, 9.17) is 5.73 Å². The molecule has 0 fully saturated rings. The zero-order valence-corrected chi connectivity index (χ0v) is 14.3. The van der Waals surface area contributed by atoms with Gasteiger partial charge in [-0.25, -0.2) is 15.2 Å². The minimum atomic E-state index is -1.10. The molecule has 0 aromatic carbocycles. The molecule has 11 heteroatoms. The molecule has 4 N–H and O–H groups in total. The highest BCUT2D eigenvalue weighted by Gasteiger charge is 2.21. The Bertz CT molecular complexity index is 872. The molecular weight excluding hydrogens is 332 g/mol. The average molecular weight is 350 g/mol. The number of aryl methyl sites for hydroxylation is 1. The minimum absolute atomic E-state index is 0.0329. The summed E-state index contributed by atoms with van der Waals surface area (Å²) in [7, 11) is 1.72. The van der Waals surface area contributed by atoms with Gasteiger partial charge in [-0.15, -0.1) is 0 Å². The van der Waals surface area contributed by atoms with Crippen molar-refractivity contribution in [2.45, 2.75) is 30.4 Å². The van der Waals surface area contributed by atoms with Crippen molar-refractivity contribution in [3.05, 3.63) is 17.9 Å². The Balaban J connectivity index is 2.07. The van der Waals surface area contributed by atoms with E-state index in [0.717, 1.165) is 18.3 Å². The summed E-state index contributed by atoms with van der Waals surface area (Å²) < 4.78 is 3.55. The first-order chi connectivity index (χ1) is 11.4. The minimum Gasteiger partial charge on any atom is -0.594 e. The molecule has 3 heterocycles. The second-order valence-electron chi connectivity index (χ2n) is 5.77. The van der Waals surface area contributed by atoms with Gasteiger partial charge in [0.15, 0.2) is 10.7 Å². The van der Waals surface area contributed by atoms with Crippen LogP contribution < -0.4 is 11.0 Å². The van der Waals surface area contributed by atoms with Crippen LogP contribution in [0.2, 0.25) is 0 Å². The molecule has 1 atom stereocenters. The number of nitrogens with two attached hydrogens (primary N) is 1. The predicted molar refractivity (Wildman–Crippen MR) is 87.7 cm³/mol. The van der Waals surface area contributed by atoms with E-state index < -0.39 is 5.23 Å². The molecule has 0 bridgehead atoms. The summed E-state index contributed by atoms with van der Waals surface area (Å²) in [6.45, 7) is 4.95. The smallest absolute Gasteiger partial charge is 0.291 e. The van der Waals surface area contributed by atoms with Gasteiger partial charge in [-0.2, -0.15) is 15.2 Å². The van der Waals surface area contributed by atoms with Crippen LogP contribution in [0.15, 0.2) is 22.7 Å². The van der Waals surface area contributed by atoms with Gasteiger partial charge in [-0.05, 0) is 17.7 Å². The van der Waals surface area contributed by atoms with Gasteiger partial charge in [0.1, 0.15) is 16.9 Å². The summed E-state index contributed by atoms with van der Waals surface area (Å²) in [5, 5.41) is 20.4. The first kappa shape index (κ1) is 16.6. The van der Waals surface area contributed by atoms with Gasteiger partial charge in [0.25, 0.3) is 5.82 Å². The lowest BCUT2D eigenvalue weighted by Gasteiger charge is -2.11. The maximum atomic E-state index is 11.3. The van der Waals surface area contributed by atoms with Crippen LogP contribution in [0.1, 0.15) is 13.8 Å². The van der Waals surface area contributed by atoms with Gasteiger partial charge in [0.05, 0.1) is 6.33 Å². The number of anilines is 1. The molecule has 1 unspecified atom stereocenters. The third-order valence-corrected chi connectivity index (χ3v) is 4.44. The van der Waals surface area contributed by atoms with Crippen LogP contribution in [0.25, 0.3) is 11.2 Å². The third kappa shape index (κ3) is 3.06. The van der Waals surface area contributed by atoms with Crippen molar-refractivity contribution in [2.75, 3.05) is 5.73 Å². The number of nitrogens with one attached hydrogen (secondary N) is 1. The van der Waals surface area contributed by atoms with Crippen LogP contribution >= 0.6 is 11.8 Å². The van der Waals surface area contributed by atoms with Gasteiger partial charge >= 0.3 is 0 Å². The number of rotatable bonds is 5. The number of hydrogen-bond acceptors (Lipinski definition) is 8. The van der Waals surface area contributed by atoms with Crippen LogP contribution in [-0.2, 0) is 13.6 Å². The molecule has 0 aliphatic heterocycles. The van der Waals surface area contributed by atoms with Gasteiger partial charge in [0.2, 0.25) is 5.95 Å². The normalized spacial score (nSPS) is 13.1. The fourth-order valence-corrected chi connectivity index (χ4v) is 3.30. The number of nitrogen functional groups attached to an aromatic ring is 1. The summed E-state index contributed by atoms with van der Waals surface area (Å²) >= 11 is 1.16. The van der Waals surface area contributed by atoms with Crippen molar-refractivity contribution >= 4 is 34.7 Å². The Labute approximate surface area is 141 Å². The van der Waals surface area contributed by atoms with E-state index in [1.807, 2.05) is 4.57 Å². The van der Waals surface area contributed by atoms with Gasteiger partial charge in [-0.3, -0.25) is 0 Å². The Morgan fingerprint density at radius 1 is 1.33 bits per heavy atom. The quantitative estimate of drug-likeness (QED) is 0.443. The van der Waals surface area contributed by atoms with E-state index in [1.165, 1.54) is 6.33 Å². The predicted octanol–water partition coefficient (Wildman–Crippen LogP) is 0.353. The molecule has 10 nitrogen and oxygen atoms in total. The summed E-state index contributed by atoms with van der Waals surface area (Å²) in [4.78, 5) is 16.8. The molecule has 24 heavy (non-hydrogen) atoms. The molecule has 0 spiro atoms. The molecule has 3 aromatic heterocycles. The van der Waals surface area contributed by atoms with Crippen molar-refractivity contribution in [3.63, 3.8) is 0 Å². The van der Waals surface area contributed by atoms with Gasteiger partial charge in [-0.1, -0.05) is 13.8 Å². The van der Waals surface area contributed by atoms with Crippen LogP contribution in [0.3, 0.4) is 0 Å². The van der Waals surface area contributed by atoms with E-state index in [1.54, 1.807) is 17.9 Å². The molecule has 3 aromatic rings. The Kier molecular flexibility index (Phi) is 4.41. The molecular formula is C13H18N8O2S. The van der Waals surface area contributed by atoms with Gasteiger partial charge < -0.3 is 20.1 Å². The molecule has 3 rings (SSSR count). The van der Waals surface area contributed by atoms with Crippen molar-refractivity contribution in [2.24, 2.45) is 13.0 Å². The van der Waals surface area contributed by atoms with Crippen molar-refractivity contribution in [1.82, 2.24) is 29.1 Å². The van der Waals surface area contributed by atoms with E-state index in [9.17, 15) is 10.4 Å². The second-order valence-corrected chi connectivity index (χ2v) is 6.74. The van der Waals surface area contributed by atoms with Crippen molar-refractivity contribution < 1.29 is 10.4 Å². The topological polar surface area (TPSA) is 135 Å². The highest BCUT2D eigenvalue weighted by molar-refractivity contribution is 7.99. The van der Waals surface area contributed by atoms with E-state index in [2.05, 4.69) is 33.8 Å². The average Bonchev–Trinajstić information content (AvgIpc) is 3.04. The molecule has 0 aliphatic carbocycles. The highest BCUT2D eigenvalue weighted by atomic mass is 32.2. The number of hydrogen-bond donors (Lipinski definition) is 3. The molecule has 0 radical (unpaired) electrons. The van der Waals surface area contributed by atoms with Crippen molar-refractivity contribution in [3.8, 4) is 0 Å². The standard InChI is InChI=1S/C13H18N8O2S/c1-7(2)4-20-6-15-8-9(20)17-13(14)18-11(8)24-12-10(21(22)23)16-5-19(12)3/h5-7,21-22H,4H2,1-3H3,(H2,14,17,18). The molecule has 128 valence electrons. The monoisotopic (exact) mass is 350 g/mol. The van der Waals surface area contributed by atoms with Crippen LogP contribution in [0.4, 0.5) is 11.8 Å². The molecule has 0 saturated carbocycles. The maximum Gasteiger partial charge on any atom is 0.291 e. The first-order valence-corrected chi connectivity index (χ1v) is 8.09. The highest BCUT2D eigenvalue weighted by Crippen LogP contribution is 2.33. The van der Waals surface area contributed by atoms with Gasteiger partial charge in [0, 0.05) is 13.6 Å². The molecule has 0 amide bonds. The number of quaternary nitrogens is 1. The largest absolute Gasteiger partial charge is 0.594 e. The van der Waals surface area contributed by atoms with E-state index in [-0.39, 0.29) is 11.8 Å². The zero-order chi connectivity index (χ0) is 17.4. The number of aromatic nitrogens is 6. The summed E-state index contributed by atoms with van der Waals surface area (Å²) in [6, 6.07) is 0. The Morgan fingerprint density at radius 2 is 2.08 bits per heavy atom. The molecule has 0 saturated heterocycles. The third-order valence-electron chi connectivity index (χ3n) is 3.29. The SMILES string of the molecule is CC(C)Cn1cnc2c(Sc3c([NH+]([O-])O)ncn3C)nc(N)nc21. The number of nitrogens with zero attached hydrogens (tertiary/aromatic N) is 6. The summed E-state index contributed by atoms with van der Waals surface area (Å²) in [5.74, 6) is 0.509. The van der Waals surface area contributed by atoms with E-state index >= 15 is 0 Å². The van der Waals surface area contributed by atoms with Crippen molar-refractivity contribution in [1.29, 1.82) is 0 Å². The van der Waals surface area contributed by atoms with Crippen LogP contribution in [0, 0.1) is 11.1 Å². The summed E-state index contributed by atoms with van der Waals surface area (Å²) in [5.41, 5.74) is 7.06. The maximum absolute atomic E-state index is 11.3. The lowest BCUT2D eigenvalue weighted by molar-refractivity contribution is -0.994. The zero-order valence-electron chi connectivity index (χ0n) is 13.5.